The van der Waals surface area contributed by atoms with Crippen LogP contribution in [0.5, 0.6) is 5.75 Å². The second-order valence-electron chi connectivity index (χ2n) is 5.71. The van der Waals surface area contributed by atoms with Crippen LogP contribution in [0.4, 0.5) is 0 Å². The molecule has 26 heavy (non-hydrogen) atoms. The number of benzene rings is 2. The van der Waals surface area contributed by atoms with Crippen LogP contribution < -0.4 is 15.8 Å². The smallest absolute Gasteiger partial charge is 0.258 e. The first-order valence-corrected chi connectivity index (χ1v) is 8.18. The quantitative estimate of drug-likeness (QED) is 0.486. The largest absolute Gasteiger partial charge is 0.494 e. The van der Waals surface area contributed by atoms with E-state index in [4.69, 9.17) is 27.5 Å². The molecule has 0 aliphatic carbocycles. The molecule has 0 unspecified atom stereocenters. The summed E-state index contributed by atoms with van der Waals surface area (Å²) in [6.07, 6.45) is 0. The van der Waals surface area contributed by atoms with E-state index in [-0.39, 0.29) is 5.56 Å². The molecule has 0 bridgehead atoms. The lowest BCUT2D eigenvalue weighted by Crippen LogP contribution is -2.35. The summed E-state index contributed by atoms with van der Waals surface area (Å²) in [6.45, 7) is 1.96. The molecule has 2 aromatic carbocycles. The summed E-state index contributed by atoms with van der Waals surface area (Å²) in [6, 6.07) is 12.7. The van der Waals surface area contributed by atoms with Gasteiger partial charge in [-0.15, -0.1) is 0 Å². The van der Waals surface area contributed by atoms with Crippen molar-refractivity contribution >= 4 is 34.4 Å². The monoisotopic (exact) mass is 368 g/mol. The summed E-state index contributed by atoms with van der Waals surface area (Å²) in [5.74, 6) is -0.483. The SMILES string of the molecule is COc1ccc(Cl)c2c(C(=O)NC(=N)N)cc(-c3ccccc3C)nc12. The number of pyridine rings is 1. The zero-order chi connectivity index (χ0) is 18.8. The van der Waals surface area contributed by atoms with Crippen LogP contribution in [-0.4, -0.2) is 24.0 Å². The average molecular weight is 369 g/mol. The maximum Gasteiger partial charge on any atom is 0.258 e. The zero-order valence-corrected chi connectivity index (χ0v) is 15.0. The standard InChI is InChI=1S/C19H17ClN4O2/c1-10-5-3-4-6-11(10)14-9-12(18(25)24-19(21)22)16-13(20)7-8-15(26-2)17(16)23-14/h3-9H,1-2H3,(H4,21,22,24,25). The van der Waals surface area contributed by atoms with Crippen LogP contribution in [0.15, 0.2) is 42.5 Å². The number of amides is 1. The highest BCUT2D eigenvalue weighted by Gasteiger charge is 2.19. The number of hydrogen-bond donors (Lipinski definition) is 3. The van der Waals surface area contributed by atoms with Crippen molar-refractivity contribution < 1.29 is 9.53 Å². The van der Waals surface area contributed by atoms with Crippen molar-refractivity contribution in [3.63, 3.8) is 0 Å². The normalized spacial score (nSPS) is 10.6. The van der Waals surface area contributed by atoms with Gasteiger partial charge < -0.3 is 10.5 Å². The number of aromatic nitrogens is 1. The molecular weight excluding hydrogens is 352 g/mol. The molecule has 1 aromatic heterocycles. The second-order valence-corrected chi connectivity index (χ2v) is 6.12. The van der Waals surface area contributed by atoms with Crippen LogP contribution in [0.1, 0.15) is 15.9 Å². The molecule has 0 aliphatic rings. The van der Waals surface area contributed by atoms with Gasteiger partial charge in [0.15, 0.2) is 5.96 Å². The van der Waals surface area contributed by atoms with Gasteiger partial charge in [0.2, 0.25) is 0 Å². The Hall–Kier alpha value is -3.12. The first-order chi connectivity index (χ1) is 12.4. The van der Waals surface area contributed by atoms with Crippen LogP contribution >= 0.6 is 11.6 Å². The fraction of sp³-hybridized carbons (Fsp3) is 0.105. The number of rotatable bonds is 3. The number of methoxy groups -OCH3 is 1. The van der Waals surface area contributed by atoms with Crippen molar-refractivity contribution in [1.82, 2.24) is 10.3 Å². The number of aryl methyl sites for hydroxylation is 1. The van der Waals surface area contributed by atoms with Gasteiger partial charge >= 0.3 is 0 Å². The lowest BCUT2D eigenvalue weighted by atomic mass is 10.0. The summed E-state index contributed by atoms with van der Waals surface area (Å²) in [5.41, 5.74) is 8.55. The van der Waals surface area contributed by atoms with Crippen molar-refractivity contribution in [1.29, 1.82) is 5.41 Å². The van der Waals surface area contributed by atoms with Crippen molar-refractivity contribution in [3.8, 4) is 17.0 Å². The Labute approximate surface area is 155 Å². The number of carbonyl (C=O) groups excluding carboxylic acids is 1. The number of hydrogen-bond acceptors (Lipinski definition) is 4. The van der Waals surface area contributed by atoms with E-state index in [0.29, 0.717) is 27.4 Å². The summed E-state index contributed by atoms with van der Waals surface area (Å²) < 4.78 is 5.40. The van der Waals surface area contributed by atoms with Crippen molar-refractivity contribution in [2.75, 3.05) is 7.11 Å². The van der Waals surface area contributed by atoms with Gasteiger partial charge in [-0.05, 0) is 30.7 Å². The van der Waals surface area contributed by atoms with Crippen LogP contribution in [0.3, 0.4) is 0 Å². The Morgan fingerprint density at radius 2 is 2.00 bits per heavy atom. The van der Waals surface area contributed by atoms with Crippen molar-refractivity contribution in [3.05, 3.63) is 58.6 Å². The maximum absolute atomic E-state index is 12.6. The number of nitrogens with one attached hydrogen (secondary N) is 2. The van der Waals surface area contributed by atoms with Crippen molar-refractivity contribution in [2.24, 2.45) is 5.73 Å². The predicted molar refractivity (Wildman–Crippen MR) is 103 cm³/mol. The minimum Gasteiger partial charge on any atom is -0.494 e. The summed E-state index contributed by atoms with van der Waals surface area (Å²) >= 11 is 6.34. The van der Waals surface area contributed by atoms with E-state index in [1.807, 2.05) is 31.2 Å². The number of guanidine groups is 1. The summed E-state index contributed by atoms with van der Waals surface area (Å²) in [7, 11) is 1.53. The highest BCUT2D eigenvalue weighted by molar-refractivity contribution is 6.37. The molecule has 0 radical (unpaired) electrons. The minimum atomic E-state index is -0.533. The molecule has 4 N–H and O–H groups in total. The van der Waals surface area contributed by atoms with Gasteiger partial charge in [0, 0.05) is 10.9 Å². The molecular formula is C19H17ClN4O2. The molecule has 6 nitrogen and oxygen atoms in total. The van der Waals surface area contributed by atoms with E-state index >= 15 is 0 Å². The second kappa shape index (κ2) is 7.01. The summed E-state index contributed by atoms with van der Waals surface area (Å²) in [4.78, 5) is 17.3. The molecule has 132 valence electrons. The molecule has 0 fully saturated rings. The predicted octanol–water partition coefficient (Wildman–Crippen LogP) is 3.50. The molecule has 0 atom stereocenters. The Bertz CT molecular complexity index is 1030. The van der Waals surface area contributed by atoms with Crippen LogP contribution in [-0.2, 0) is 0 Å². The molecule has 0 saturated heterocycles. The molecule has 3 rings (SSSR count). The molecule has 0 aliphatic heterocycles. The first-order valence-electron chi connectivity index (χ1n) is 7.81. The Morgan fingerprint density at radius 3 is 2.65 bits per heavy atom. The minimum absolute atomic E-state index is 0.271. The third-order valence-electron chi connectivity index (χ3n) is 4.01. The molecule has 1 amide bonds. The molecule has 1 heterocycles. The number of ether oxygens (including phenoxy) is 1. The number of carbonyl (C=O) groups is 1. The lowest BCUT2D eigenvalue weighted by Gasteiger charge is -2.14. The van der Waals surface area contributed by atoms with Gasteiger partial charge in [-0.3, -0.25) is 15.5 Å². The Kier molecular flexibility index (Phi) is 4.77. The zero-order valence-electron chi connectivity index (χ0n) is 14.3. The number of fused-ring (bicyclic) bond motifs is 1. The Morgan fingerprint density at radius 1 is 1.27 bits per heavy atom. The van der Waals surface area contributed by atoms with Crippen LogP contribution in [0, 0.1) is 12.3 Å². The molecule has 3 aromatic rings. The first kappa shape index (κ1) is 17.7. The maximum atomic E-state index is 12.6. The third kappa shape index (κ3) is 3.19. The number of nitrogens with zero attached hydrogens (tertiary/aromatic N) is 1. The molecule has 0 spiro atoms. The Balaban J connectivity index is 2.37. The summed E-state index contributed by atoms with van der Waals surface area (Å²) in [5, 5.41) is 10.4. The topological polar surface area (TPSA) is 101 Å². The van der Waals surface area contributed by atoms with Gasteiger partial charge in [0.05, 0.1) is 23.4 Å². The van der Waals surface area contributed by atoms with E-state index in [0.717, 1.165) is 11.1 Å². The fourth-order valence-electron chi connectivity index (χ4n) is 2.81. The number of halogens is 1. The average Bonchev–Trinajstić information content (AvgIpc) is 2.61. The van der Waals surface area contributed by atoms with E-state index in [9.17, 15) is 4.79 Å². The fourth-order valence-corrected chi connectivity index (χ4v) is 3.06. The molecule has 7 heteroatoms. The van der Waals surface area contributed by atoms with Gasteiger partial charge in [0.25, 0.3) is 5.91 Å². The van der Waals surface area contributed by atoms with Crippen LogP contribution in [0.2, 0.25) is 5.02 Å². The van der Waals surface area contributed by atoms with Crippen LogP contribution in [0.25, 0.3) is 22.2 Å². The van der Waals surface area contributed by atoms with E-state index in [1.165, 1.54) is 7.11 Å². The highest BCUT2D eigenvalue weighted by atomic mass is 35.5. The van der Waals surface area contributed by atoms with Gasteiger partial charge in [-0.25, -0.2) is 4.98 Å². The van der Waals surface area contributed by atoms with E-state index < -0.39 is 11.9 Å². The van der Waals surface area contributed by atoms with Gasteiger partial charge in [-0.2, -0.15) is 0 Å². The number of nitrogens with two attached hydrogens (primary N) is 1. The van der Waals surface area contributed by atoms with E-state index in [2.05, 4.69) is 10.3 Å². The van der Waals surface area contributed by atoms with Gasteiger partial charge in [-0.1, -0.05) is 35.9 Å². The molecule has 0 saturated carbocycles. The van der Waals surface area contributed by atoms with E-state index in [1.54, 1.807) is 18.2 Å². The lowest BCUT2D eigenvalue weighted by molar-refractivity contribution is 0.0978. The highest BCUT2D eigenvalue weighted by Crippen LogP contribution is 2.35. The van der Waals surface area contributed by atoms with Crippen molar-refractivity contribution in [2.45, 2.75) is 6.92 Å². The third-order valence-corrected chi connectivity index (χ3v) is 4.32. The van der Waals surface area contributed by atoms with Gasteiger partial charge in [0.1, 0.15) is 11.3 Å².